The number of benzene rings is 3. The van der Waals surface area contributed by atoms with Gasteiger partial charge in [-0.25, -0.2) is 4.90 Å². The number of hydrogen-bond acceptors (Lipinski definition) is 2. The second kappa shape index (κ2) is 8.20. The van der Waals surface area contributed by atoms with Crippen molar-refractivity contribution >= 4 is 34.7 Å². The Labute approximate surface area is 210 Å². The molecule has 2 fully saturated rings. The van der Waals surface area contributed by atoms with Crippen LogP contribution in [0.1, 0.15) is 16.7 Å². The van der Waals surface area contributed by atoms with Gasteiger partial charge in [0.05, 0.1) is 28.1 Å². The van der Waals surface area contributed by atoms with Gasteiger partial charge in [-0.1, -0.05) is 84.4 Å². The predicted octanol–water partition coefficient (Wildman–Crippen LogP) is 6.78. The summed E-state index contributed by atoms with van der Waals surface area (Å²) in [5, 5.41) is -0.479. The van der Waals surface area contributed by atoms with Gasteiger partial charge in [-0.15, -0.1) is 0 Å². The van der Waals surface area contributed by atoms with Gasteiger partial charge in [-0.3, -0.25) is 9.59 Å². The third-order valence-electron chi connectivity index (χ3n) is 7.34. The van der Waals surface area contributed by atoms with Gasteiger partial charge in [0.25, 0.3) is 0 Å². The third kappa shape index (κ3) is 3.35. The van der Waals surface area contributed by atoms with Crippen LogP contribution in [0.2, 0.25) is 5.02 Å². The topological polar surface area (TPSA) is 37.4 Å². The van der Waals surface area contributed by atoms with E-state index in [9.17, 15) is 22.8 Å². The Balaban J connectivity index is 1.45. The van der Waals surface area contributed by atoms with Gasteiger partial charge in [0, 0.05) is 11.8 Å². The lowest BCUT2D eigenvalue weighted by Crippen LogP contribution is -2.33. The van der Waals surface area contributed by atoms with E-state index in [-0.39, 0.29) is 17.5 Å². The fourth-order valence-electron chi connectivity index (χ4n) is 5.93. The van der Waals surface area contributed by atoms with E-state index in [1.54, 1.807) is 0 Å². The summed E-state index contributed by atoms with van der Waals surface area (Å²) in [5.41, 5.74) is 2.80. The molecular formula is C29H19ClF3NO2. The van der Waals surface area contributed by atoms with Crippen molar-refractivity contribution in [2.45, 2.75) is 6.18 Å². The van der Waals surface area contributed by atoms with Crippen molar-refractivity contribution in [3.63, 3.8) is 0 Å². The van der Waals surface area contributed by atoms with Crippen molar-refractivity contribution in [3.8, 4) is 0 Å². The predicted molar refractivity (Wildman–Crippen MR) is 131 cm³/mol. The Hall–Kier alpha value is -3.64. The number of nitrogens with zero attached hydrogens (tertiary/aromatic N) is 1. The summed E-state index contributed by atoms with van der Waals surface area (Å²) >= 11 is 5.76. The number of amides is 2. The molecule has 3 nitrogen and oxygen atoms in total. The molecule has 1 aliphatic heterocycles. The molecular weight excluding hydrogens is 487 g/mol. The number of hydrogen-bond donors (Lipinski definition) is 0. The molecule has 1 saturated carbocycles. The summed E-state index contributed by atoms with van der Waals surface area (Å²) in [4.78, 5) is 28.1. The van der Waals surface area contributed by atoms with Gasteiger partial charge in [0.1, 0.15) is 0 Å². The van der Waals surface area contributed by atoms with Crippen LogP contribution in [-0.2, 0) is 15.8 Å². The fourth-order valence-corrected chi connectivity index (χ4v) is 6.15. The molecule has 2 aliphatic carbocycles. The van der Waals surface area contributed by atoms with E-state index in [2.05, 4.69) is 0 Å². The maximum absolute atomic E-state index is 13.6. The number of rotatable bonds is 3. The van der Waals surface area contributed by atoms with Crippen LogP contribution < -0.4 is 4.90 Å². The van der Waals surface area contributed by atoms with Crippen molar-refractivity contribution in [3.05, 3.63) is 118 Å². The van der Waals surface area contributed by atoms with E-state index in [1.807, 2.05) is 72.8 Å². The highest BCUT2D eigenvalue weighted by Crippen LogP contribution is 2.59. The van der Waals surface area contributed by atoms with Gasteiger partial charge < -0.3 is 0 Å². The maximum atomic E-state index is 13.6. The van der Waals surface area contributed by atoms with E-state index in [4.69, 9.17) is 11.6 Å². The molecule has 180 valence electrons. The fraction of sp³-hybridized carbons (Fsp3) is 0.172. The summed E-state index contributed by atoms with van der Waals surface area (Å²) in [6.07, 6.45) is -0.777. The zero-order chi connectivity index (χ0) is 25.2. The highest BCUT2D eigenvalue weighted by molar-refractivity contribution is 6.31. The minimum Gasteiger partial charge on any atom is -0.274 e. The Morgan fingerprint density at radius 1 is 0.750 bits per heavy atom. The molecule has 0 aromatic heterocycles. The normalized spacial score (nSPS) is 24.6. The van der Waals surface area contributed by atoms with Gasteiger partial charge in [-0.2, -0.15) is 13.2 Å². The minimum atomic E-state index is -4.70. The molecule has 0 radical (unpaired) electrons. The lowest BCUT2D eigenvalue weighted by atomic mass is 9.85. The van der Waals surface area contributed by atoms with E-state index in [1.165, 1.54) is 6.07 Å². The molecule has 4 atom stereocenters. The van der Waals surface area contributed by atoms with Gasteiger partial charge in [0.15, 0.2) is 0 Å². The number of fused-ring (bicyclic) bond motifs is 5. The second-order valence-corrected chi connectivity index (χ2v) is 9.63. The first kappa shape index (κ1) is 22.8. The van der Waals surface area contributed by atoms with Gasteiger partial charge in [0.2, 0.25) is 11.8 Å². The second-order valence-electron chi connectivity index (χ2n) is 9.22. The first-order valence-corrected chi connectivity index (χ1v) is 11.9. The molecule has 1 heterocycles. The molecule has 3 aromatic rings. The van der Waals surface area contributed by atoms with Crippen LogP contribution in [0.15, 0.2) is 96.6 Å². The van der Waals surface area contributed by atoms with Crippen LogP contribution in [0.5, 0.6) is 0 Å². The maximum Gasteiger partial charge on any atom is 0.417 e. The molecule has 36 heavy (non-hydrogen) atoms. The van der Waals surface area contributed by atoms with Crippen molar-refractivity contribution in [2.24, 2.45) is 23.7 Å². The van der Waals surface area contributed by atoms with Gasteiger partial charge >= 0.3 is 6.18 Å². The number of alkyl halides is 3. The summed E-state index contributed by atoms with van der Waals surface area (Å²) in [7, 11) is 0. The standard InChI is InChI=1S/C29H19ClF3NO2/c30-22-14-11-18(15-21(22)29(31,32)33)34-27(35)25-19-12-13-20(26(25)28(34)36)24(19)23(16-7-3-1-4-8-16)17-9-5-2-6-10-17/h1-15,19-20,25-26H/t19-,20-,25-,26-/m0/s1. The summed E-state index contributed by atoms with van der Waals surface area (Å²) in [6, 6.07) is 22.8. The van der Waals surface area contributed by atoms with Gasteiger partial charge in [-0.05, 0) is 40.5 Å². The number of carbonyl (C=O) groups is 2. The van der Waals surface area contributed by atoms with E-state index >= 15 is 0 Å². The van der Waals surface area contributed by atoms with E-state index in [0.29, 0.717) is 0 Å². The molecule has 0 N–H and O–H groups in total. The Morgan fingerprint density at radius 2 is 1.25 bits per heavy atom. The molecule has 3 aliphatic rings. The number of carbonyl (C=O) groups excluding carboxylic acids is 2. The SMILES string of the molecule is O=C1[C@@H]2[C@@H](C(=O)N1c1ccc(Cl)c(C(F)(F)F)c1)[C@H]1C=C[C@H]2C1=C(c1ccccc1)c1ccccc1. The Morgan fingerprint density at radius 3 is 1.72 bits per heavy atom. The molecule has 7 heteroatoms. The molecule has 0 unspecified atom stereocenters. The number of allylic oxidation sites excluding steroid dienone is 3. The zero-order valence-electron chi connectivity index (χ0n) is 18.7. The number of imide groups is 1. The molecule has 2 bridgehead atoms. The number of anilines is 1. The minimum absolute atomic E-state index is 0.104. The Kier molecular flexibility index (Phi) is 5.20. The van der Waals surface area contributed by atoms with Crippen LogP contribution in [0.3, 0.4) is 0 Å². The monoisotopic (exact) mass is 505 g/mol. The first-order chi connectivity index (χ1) is 17.3. The van der Waals surface area contributed by atoms with Crippen molar-refractivity contribution < 1.29 is 22.8 Å². The van der Waals surface area contributed by atoms with Crippen molar-refractivity contribution in [1.82, 2.24) is 0 Å². The van der Waals surface area contributed by atoms with Crippen LogP contribution >= 0.6 is 11.6 Å². The van der Waals surface area contributed by atoms with Crippen molar-refractivity contribution in [1.29, 1.82) is 0 Å². The lowest BCUT2D eigenvalue weighted by molar-refractivity contribution is -0.137. The lowest BCUT2D eigenvalue weighted by Gasteiger charge is -2.22. The van der Waals surface area contributed by atoms with Crippen LogP contribution in [0.4, 0.5) is 18.9 Å². The summed E-state index contributed by atoms with van der Waals surface area (Å²) in [5.74, 6) is -2.90. The van der Waals surface area contributed by atoms with Crippen LogP contribution in [0, 0.1) is 23.7 Å². The molecule has 2 amide bonds. The first-order valence-electron chi connectivity index (χ1n) is 11.5. The zero-order valence-corrected chi connectivity index (χ0v) is 19.5. The molecule has 1 saturated heterocycles. The molecule has 6 rings (SSSR count). The van der Waals surface area contributed by atoms with E-state index < -0.39 is 40.4 Å². The van der Waals surface area contributed by atoms with E-state index in [0.717, 1.165) is 39.3 Å². The average molecular weight is 506 g/mol. The average Bonchev–Trinajstić information content (AvgIpc) is 3.50. The largest absolute Gasteiger partial charge is 0.417 e. The molecule has 3 aromatic carbocycles. The van der Waals surface area contributed by atoms with Crippen molar-refractivity contribution in [2.75, 3.05) is 4.90 Å². The summed E-state index contributed by atoms with van der Waals surface area (Å²) in [6.45, 7) is 0. The molecule has 0 spiro atoms. The smallest absolute Gasteiger partial charge is 0.274 e. The summed E-state index contributed by atoms with van der Waals surface area (Å²) < 4.78 is 40.3. The van der Waals surface area contributed by atoms with Crippen LogP contribution in [0.25, 0.3) is 5.57 Å². The highest BCUT2D eigenvalue weighted by Gasteiger charge is 2.62. The Bertz CT molecular complexity index is 1370. The quantitative estimate of drug-likeness (QED) is 0.290. The number of halogens is 4. The van der Waals surface area contributed by atoms with Crippen LogP contribution in [-0.4, -0.2) is 11.8 Å². The third-order valence-corrected chi connectivity index (χ3v) is 7.67. The highest BCUT2D eigenvalue weighted by atomic mass is 35.5.